The fraction of sp³-hybridized carbons (Fsp3) is 0.462. The molecule has 3 nitrogen and oxygen atoms in total. The largest absolute Gasteiger partial charge is 0.376 e. The standard InChI is InChI=1S/C13H16BrNO2/c14-11-6-4-10(5-7-11)13(16)15-9-12-3-1-2-8-17-12/h4-7,12H,1-3,8-9H2,(H,15,16). The van der Waals surface area contributed by atoms with Crippen molar-refractivity contribution in [3.8, 4) is 0 Å². The number of hydrogen-bond donors (Lipinski definition) is 1. The fourth-order valence-electron chi connectivity index (χ4n) is 1.88. The third-order valence-electron chi connectivity index (χ3n) is 2.87. The van der Waals surface area contributed by atoms with E-state index in [4.69, 9.17) is 4.74 Å². The molecule has 0 bridgehead atoms. The molecule has 1 aromatic carbocycles. The van der Waals surface area contributed by atoms with Crippen molar-refractivity contribution in [2.45, 2.75) is 25.4 Å². The predicted molar refractivity (Wildman–Crippen MR) is 70.1 cm³/mol. The van der Waals surface area contributed by atoms with Crippen LogP contribution < -0.4 is 5.32 Å². The molecule has 92 valence electrons. The maximum Gasteiger partial charge on any atom is 0.251 e. The van der Waals surface area contributed by atoms with E-state index < -0.39 is 0 Å². The third kappa shape index (κ3) is 3.82. The number of benzene rings is 1. The van der Waals surface area contributed by atoms with Crippen molar-refractivity contribution in [2.75, 3.05) is 13.2 Å². The molecular weight excluding hydrogens is 282 g/mol. The average Bonchev–Trinajstić information content (AvgIpc) is 2.38. The van der Waals surface area contributed by atoms with Crippen molar-refractivity contribution in [3.63, 3.8) is 0 Å². The second-order valence-corrected chi connectivity index (χ2v) is 5.12. The molecule has 0 aliphatic carbocycles. The molecule has 2 rings (SSSR count). The van der Waals surface area contributed by atoms with Crippen LogP contribution in [0.2, 0.25) is 0 Å². The minimum atomic E-state index is -0.0355. The quantitative estimate of drug-likeness (QED) is 0.932. The summed E-state index contributed by atoms with van der Waals surface area (Å²) in [6.07, 6.45) is 3.56. The molecule has 0 aromatic heterocycles. The summed E-state index contributed by atoms with van der Waals surface area (Å²) < 4.78 is 6.54. The summed E-state index contributed by atoms with van der Waals surface area (Å²) in [5.74, 6) is -0.0355. The molecule has 1 saturated heterocycles. The third-order valence-corrected chi connectivity index (χ3v) is 3.40. The molecule has 0 spiro atoms. The van der Waals surface area contributed by atoms with Crippen molar-refractivity contribution < 1.29 is 9.53 Å². The van der Waals surface area contributed by atoms with Gasteiger partial charge in [-0.25, -0.2) is 0 Å². The Balaban J connectivity index is 1.82. The number of rotatable bonds is 3. The first-order valence-corrected chi connectivity index (χ1v) is 6.70. The van der Waals surface area contributed by atoms with Gasteiger partial charge in [0, 0.05) is 23.2 Å². The number of halogens is 1. The Morgan fingerprint density at radius 3 is 2.76 bits per heavy atom. The molecule has 1 unspecified atom stereocenters. The van der Waals surface area contributed by atoms with E-state index in [0.717, 1.165) is 23.9 Å². The Morgan fingerprint density at radius 1 is 1.35 bits per heavy atom. The molecule has 1 amide bonds. The molecule has 1 atom stereocenters. The molecule has 1 aromatic rings. The summed E-state index contributed by atoms with van der Waals surface area (Å²) in [5, 5.41) is 2.91. The highest BCUT2D eigenvalue weighted by Gasteiger charge is 2.15. The van der Waals surface area contributed by atoms with Crippen LogP contribution in [-0.2, 0) is 4.74 Å². The molecule has 1 aliphatic heterocycles. The molecule has 1 heterocycles. The first-order chi connectivity index (χ1) is 8.25. The summed E-state index contributed by atoms with van der Waals surface area (Å²) in [5.41, 5.74) is 0.684. The van der Waals surface area contributed by atoms with E-state index in [1.165, 1.54) is 6.42 Å². The minimum Gasteiger partial charge on any atom is -0.376 e. The van der Waals surface area contributed by atoms with Gasteiger partial charge in [-0.15, -0.1) is 0 Å². The van der Waals surface area contributed by atoms with Crippen LogP contribution in [0, 0.1) is 0 Å². The molecule has 17 heavy (non-hydrogen) atoms. The topological polar surface area (TPSA) is 38.3 Å². The van der Waals surface area contributed by atoms with Gasteiger partial charge in [-0.05, 0) is 43.5 Å². The Hall–Kier alpha value is -0.870. The summed E-state index contributed by atoms with van der Waals surface area (Å²) in [7, 11) is 0. The predicted octanol–water partition coefficient (Wildman–Crippen LogP) is 2.75. The number of hydrogen-bond acceptors (Lipinski definition) is 2. The Bertz CT molecular complexity index is 372. The van der Waals surface area contributed by atoms with Gasteiger partial charge < -0.3 is 10.1 Å². The zero-order valence-corrected chi connectivity index (χ0v) is 11.2. The number of amides is 1. The van der Waals surface area contributed by atoms with E-state index in [0.29, 0.717) is 12.1 Å². The fourth-order valence-corrected chi connectivity index (χ4v) is 2.14. The number of carbonyl (C=O) groups excluding carboxylic acids is 1. The average molecular weight is 298 g/mol. The monoisotopic (exact) mass is 297 g/mol. The minimum absolute atomic E-state index is 0.0355. The number of nitrogens with one attached hydrogen (secondary N) is 1. The van der Waals surface area contributed by atoms with Gasteiger partial charge in [0.2, 0.25) is 0 Å². The molecule has 0 radical (unpaired) electrons. The van der Waals surface area contributed by atoms with Gasteiger partial charge in [0.05, 0.1) is 6.10 Å². The first-order valence-electron chi connectivity index (χ1n) is 5.91. The zero-order valence-electron chi connectivity index (χ0n) is 9.62. The van der Waals surface area contributed by atoms with Crippen molar-refractivity contribution in [2.24, 2.45) is 0 Å². The van der Waals surface area contributed by atoms with Crippen LogP contribution in [0.4, 0.5) is 0 Å². The van der Waals surface area contributed by atoms with E-state index in [1.807, 2.05) is 12.1 Å². The van der Waals surface area contributed by atoms with Crippen LogP contribution in [-0.4, -0.2) is 25.2 Å². The van der Waals surface area contributed by atoms with Crippen molar-refractivity contribution >= 4 is 21.8 Å². The van der Waals surface area contributed by atoms with Gasteiger partial charge in [-0.2, -0.15) is 0 Å². The highest BCUT2D eigenvalue weighted by Crippen LogP contribution is 2.13. The van der Waals surface area contributed by atoms with Crippen LogP contribution in [0.5, 0.6) is 0 Å². The summed E-state index contributed by atoms with van der Waals surface area (Å²) in [6.45, 7) is 1.42. The second kappa shape index (κ2) is 6.17. The lowest BCUT2D eigenvalue weighted by Gasteiger charge is -2.22. The van der Waals surface area contributed by atoms with E-state index >= 15 is 0 Å². The lowest BCUT2D eigenvalue weighted by molar-refractivity contribution is 0.0169. The smallest absolute Gasteiger partial charge is 0.251 e. The van der Waals surface area contributed by atoms with E-state index in [-0.39, 0.29) is 12.0 Å². The lowest BCUT2D eigenvalue weighted by atomic mass is 10.1. The molecular formula is C13H16BrNO2. The van der Waals surface area contributed by atoms with E-state index in [9.17, 15) is 4.79 Å². The van der Waals surface area contributed by atoms with Crippen molar-refractivity contribution in [1.29, 1.82) is 0 Å². The van der Waals surface area contributed by atoms with Crippen molar-refractivity contribution in [1.82, 2.24) is 5.32 Å². The summed E-state index contributed by atoms with van der Waals surface area (Å²) >= 11 is 3.34. The Kier molecular flexibility index (Phi) is 4.57. The normalized spacial score (nSPS) is 19.9. The van der Waals surface area contributed by atoms with Crippen LogP contribution in [0.3, 0.4) is 0 Å². The second-order valence-electron chi connectivity index (χ2n) is 4.21. The van der Waals surface area contributed by atoms with Crippen LogP contribution >= 0.6 is 15.9 Å². The Morgan fingerprint density at radius 2 is 2.12 bits per heavy atom. The van der Waals surface area contributed by atoms with E-state index in [1.54, 1.807) is 12.1 Å². The van der Waals surface area contributed by atoms with Gasteiger partial charge in [-0.3, -0.25) is 4.79 Å². The number of ether oxygens (including phenoxy) is 1. The van der Waals surface area contributed by atoms with Gasteiger partial charge in [-0.1, -0.05) is 15.9 Å². The molecule has 0 saturated carbocycles. The first kappa shape index (κ1) is 12.6. The van der Waals surface area contributed by atoms with Gasteiger partial charge in [0.25, 0.3) is 5.91 Å². The zero-order chi connectivity index (χ0) is 12.1. The SMILES string of the molecule is O=C(NCC1CCCCO1)c1ccc(Br)cc1. The summed E-state index contributed by atoms with van der Waals surface area (Å²) in [4.78, 5) is 11.8. The molecule has 4 heteroatoms. The van der Waals surface area contributed by atoms with Crippen molar-refractivity contribution in [3.05, 3.63) is 34.3 Å². The Labute approximate surface area is 110 Å². The van der Waals surface area contributed by atoms with Gasteiger partial charge in [0.1, 0.15) is 0 Å². The molecule has 1 N–H and O–H groups in total. The van der Waals surface area contributed by atoms with Gasteiger partial charge >= 0.3 is 0 Å². The number of carbonyl (C=O) groups is 1. The lowest BCUT2D eigenvalue weighted by Crippen LogP contribution is -2.35. The molecule has 1 fully saturated rings. The van der Waals surface area contributed by atoms with Crippen LogP contribution in [0.15, 0.2) is 28.7 Å². The highest BCUT2D eigenvalue weighted by atomic mass is 79.9. The molecule has 1 aliphatic rings. The highest BCUT2D eigenvalue weighted by molar-refractivity contribution is 9.10. The van der Waals surface area contributed by atoms with Crippen LogP contribution in [0.25, 0.3) is 0 Å². The van der Waals surface area contributed by atoms with E-state index in [2.05, 4.69) is 21.2 Å². The maximum atomic E-state index is 11.8. The maximum absolute atomic E-state index is 11.8. The summed E-state index contributed by atoms with van der Waals surface area (Å²) in [6, 6.07) is 7.35. The van der Waals surface area contributed by atoms with Gasteiger partial charge in [0.15, 0.2) is 0 Å². The van der Waals surface area contributed by atoms with Crippen LogP contribution in [0.1, 0.15) is 29.6 Å².